The van der Waals surface area contributed by atoms with E-state index in [0.717, 1.165) is 17.1 Å². The molecule has 2 aliphatic heterocycles. The Hall–Kier alpha value is -3.50. The van der Waals surface area contributed by atoms with Gasteiger partial charge in [-0.3, -0.25) is 4.68 Å². The lowest BCUT2D eigenvalue weighted by molar-refractivity contribution is 0.0285. The van der Waals surface area contributed by atoms with Crippen LogP contribution in [-0.4, -0.2) is 47.5 Å². The molecule has 5 heterocycles. The Labute approximate surface area is 221 Å². The van der Waals surface area contributed by atoms with Gasteiger partial charge >= 0.3 is 5.92 Å². The molecule has 1 atom stereocenters. The highest BCUT2D eigenvalue weighted by atomic mass is 35.5. The summed E-state index contributed by atoms with van der Waals surface area (Å²) in [5.74, 6) is -2.04. The third kappa shape index (κ3) is 4.14. The number of nitrogens with one attached hydrogen (secondary N) is 1. The minimum absolute atomic E-state index is 0.0110. The molecule has 3 aromatic heterocycles. The number of halogens is 4. The highest BCUT2D eigenvalue weighted by Gasteiger charge is 2.43. The van der Waals surface area contributed by atoms with Crippen LogP contribution in [0.1, 0.15) is 35.1 Å². The van der Waals surface area contributed by atoms with Crippen molar-refractivity contribution in [3.8, 4) is 0 Å². The number of anilines is 2. The minimum Gasteiger partial charge on any atom is -0.368 e. The fourth-order valence-corrected chi connectivity index (χ4v) is 5.43. The molecule has 0 saturated carbocycles. The molecule has 8 nitrogen and oxygen atoms in total. The maximum Gasteiger partial charge on any atom is 0.333 e. The molecule has 0 fully saturated rings. The quantitative estimate of drug-likeness (QED) is 0.361. The third-order valence-corrected chi connectivity index (χ3v) is 7.41. The first-order valence-electron chi connectivity index (χ1n) is 11.8. The first-order valence-corrected chi connectivity index (χ1v) is 12.5. The van der Waals surface area contributed by atoms with Gasteiger partial charge in [0.1, 0.15) is 11.6 Å². The van der Waals surface area contributed by atoms with Crippen LogP contribution in [0, 0.1) is 0 Å². The molecule has 1 unspecified atom stereocenters. The normalized spacial score (nSPS) is 17.3. The molecule has 190 valence electrons. The summed E-state index contributed by atoms with van der Waals surface area (Å²) in [4.78, 5) is 6.55. The predicted molar refractivity (Wildman–Crippen MR) is 137 cm³/mol. The first kappa shape index (κ1) is 23.9. The monoisotopic (exact) mass is 542 g/mol. The zero-order chi connectivity index (χ0) is 25.7. The van der Waals surface area contributed by atoms with E-state index in [1.165, 1.54) is 22.8 Å². The second-order valence-corrected chi connectivity index (χ2v) is 9.88. The Balaban J connectivity index is 1.35. The van der Waals surface area contributed by atoms with E-state index < -0.39 is 11.7 Å². The number of hydrogen-bond acceptors (Lipinski definition) is 6. The molecular formula is C25H22Cl2F2N8. The summed E-state index contributed by atoms with van der Waals surface area (Å²) in [7, 11) is 1.83. The van der Waals surface area contributed by atoms with Crippen LogP contribution in [0.5, 0.6) is 0 Å². The molecule has 4 aromatic rings. The lowest BCUT2D eigenvalue weighted by atomic mass is 10.0. The number of hydrogen-bond donors (Lipinski definition) is 1. The van der Waals surface area contributed by atoms with Crippen LogP contribution in [0.25, 0.3) is 5.70 Å². The number of fused-ring (bicyclic) bond motifs is 3. The molecule has 0 radical (unpaired) electrons. The summed E-state index contributed by atoms with van der Waals surface area (Å²) in [6.07, 6.45) is 6.00. The molecule has 0 aliphatic carbocycles. The van der Waals surface area contributed by atoms with E-state index in [2.05, 4.69) is 30.5 Å². The summed E-state index contributed by atoms with van der Waals surface area (Å²) in [5, 5.41) is 16.1. The van der Waals surface area contributed by atoms with Crippen LogP contribution in [-0.2, 0) is 19.5 Å². The maximum atomic E-state index is 15.6. The zero-order valence-electron chi connectivity index (χ0n) is 19.7. The van der Waals surface area contributed by atoms with Gasteiger partial charge in [0, 0.05) is 50.4 Å². The summed E-state index contributed by atoms with van der Waals surface area (Å²) in [5.41, 5.74) is 1.36. The van der Waals surface area contributed by atoms with Gasteiger partial charge < -0.3 is 14.8 Å². The zero-order valence-corrected chi connectivity index (χ0v) is 21.3. The molecule has 0 spiro atoms. The van der Waals surface area contributed by atoms with Gasteiger partial charge in [-0.05, 0) is 30.2 Å². The van der Waals surface area contributed by atoms with Gasteiger partial charge in [0.2, 0.25) is 5.82 Å². The fraction of sp³-hybridized carbons (Fsp3) is 0.280. The van der Waals surface area contributed by atoms with E-state index in [-0.39, 0.29) is 16.5 Å². The average molecular weight is 543 g/mol. The van der Waals surface area contributed by atoms with Crippen molar-refractivity contribution >= 4 is 40.5 Å². The van der Waals surface area contributed by atoms with Crippen molar-refractivity contribution in [1.82, 2.24) is 34.4 Å². The summed E-state index contributed by atoms with van der Waals surface area (Å²) < 4.78 is 34.4. The number of nitrogens with zero attached hydrogens (tertiary/aromatic N) is 7. The van der Waals surface area contributed by atoms with Crippen molar-refractivity contribution in [2.75, 3.05) is 18.4 Å². The van der Waals surface area contributed by atoms with Crippen LogP contribution in [0.4, 0.5) is 20.4 Å². The number of alkyl halides is 2. The Morgan fingerprint density at radius 3 is 2.70 bits per heavy atom. The minimum atomic E-state index is -3.39. The third-order valence-electron chi connectivity index (χ3n) is 6.76. The van der Waals surface area contributed by atoms with Gasteiger partial charge in [0.15, 0.2) is 5.82 Å². The number of aromatic nitrogens is 6. The summed E-state index contributed by atoms with van der Waals surface area (Å²) >= 11 is 12.7. The van der Waals surface area contributed by atoms with Crippen molar-refractivity contribution in [3.63, 3.8) is 0 Å². The Bertz CT molecular complexity index is 1510. The number of benzene rings is 1. The first-order chi connectivity index (χ1) is 17.8. The van der Waals surface area contributed by atoms with Crippen molar-refractivity contribution in [2.24, 2.45) is 7.05 Å². The Morgan fingerprint density at radius 1 is 1.08 bits per heavy atom. The molecule has 37 heavy (non-hydrogen) atoms. The lowest BCUT2D eigenvalue weighted by Crippen LogP contribution is -2.22. The van der Waals surface area contributed by atoms with Gasteiger partial charge in [-0.15, -0.1) is 10.2 Å². The lowest BCUT2D eigenvalue weighted by Gasteiger charge is -2.20. The SMILES string of the molecule is Cn1nccc1Nc1cc(C2C=C3c4nnc(C(F)(F)c5ccccc5Cl)n4CCCN3C2)c(Cl)cn1. The van der Waals surface area contributed by atoms with E-state index in [0.29, 0.717) is 42.7 Å². The van der Waals surface area contributed by atoms with E-state index in [1.54, 1.807) is 23.1 Å². The van der Waals surface area contributed by atoms with Crippen LogP contribution >= 0.6 is 23.2 Å². The van der Waals surface area contributed by atoms with Crippen molar-refractivity contribution in [1.29, 1.82) is 0 Å². The van der Waals surface area contributed by atoms with Gasteiger partial charge in [-0.1, -0.05) is 41.4 Å². The highest BCUT2D eigenvalue weighted by Crippen LogP contribution is 2.42. The van der Waals surface area contributed by atoms with Crippen molar-refractivity contribution < 1.29 is 8.78 Å². The molecule has 0 amide bonds. The van der Waals surface area contributed by atoms with Crippen LogP contribution in [0.2, 0.25) is 10.0 Å². The maximum absolute atomic E-state index is 15.6. The second-order valence-electron chi connectivity index (χ2n) is 9.07. The summed E-state index contributed by atoms with van der Waals surface area (Å²) in [6.45, 7) is 1.73. The van der Waals surface area contributed by atoms with Crippen LogP contribution in [0.3, 0.4) is 0 Å². The van der Waals surface area contributed by atoms with Gasteiger partial charge in [0.05, 0.1) is 21.9 Å². The molecule has 2 aliphatic rings. The Morgan fingerprint density at radius 2 is 1.92 bits per heavy atom. The highest BCUT2D eigenvalue weighted by molar-refractivity contribution is 6.31. The number of pyridine rings is 1. The van der Waals surface area contributed by atoms with Crippen molar-refractivity contribution in [3.05, 3.63) is 87.7 Å². The standard InChI is InChI=1S/C25H22Cl2F2N8/c1-35-22(7-8-31-35)32-21-12-16(19(27)13-30-21)15-11-20-23-33-34-24(37(23)10-4-9-36(20)14-15)25(28,29)17-5-2-3-6-18(17)26/h2-3,5-8,11-13,15H,4,9-10,14H2,1H3,(H,30,32). The Kier molecular flexibility index (Phi) is 5.88. The molecular weight excluding hydrogens is 521 g/mol. The molecule has 0 saturated heterocycles. The van der Waals surface area contributed by atoms with E-state index in [9.17, 15) is 0 Å². The molecule has 1 aromatic carbocycles. The summed E-state index contributed by atoms with van der Waals surface area (Å²) in [6, 6.07) is 9.68. The number of rotatable bonds is 5. The van der Waals surface area contributed by atoms with Gasteiger partial charge in [-0.2, -0.15) is 13.9 Å². The van der Waals surface area contributed by atoms with E-state index in [1.807, 2.05) is 25.3 Å². The van der Waals surface area contributed by atoms with Crippen LogP contribution < -0.4 is 5.32 Å². The van der Waals surface area contributed by atoms with Gasteiger partial charge in [0.25, 0.3) is 0 Å². The molecule has 12 heteroatoms. The molecule has 1 N–H and O–H groups in total. The molecule has 0 bridgehead atoms. The second kappa shape index (κ2) is 9.11. The fourth-order valence-electron chi connectivity index (χ4n) is 4.93. The van der Waals surface area contributed by atoms with E-state index in [4.69, 9.17) is 23.2 Å². The number of aryl methyl sites for hydroxylation is 1. The smallest absolute Gasteiger partial charge is 0.333 e. The van der Waals surface area contributed by atoms with Gasteiger partial charge in [-0.25, -0.2) is 4.98 Å². The topological polar surface area (TPSA) is 76.7 Å². The van der Waals surface area contributed by atoms with E-state index >= 15 is 8.78 Å². The van der Waals surface area contributed by atoms with Crippen LogP contribution in [0.15, 0.2) is 54.9 Å². The predicted octanol–water partition coefficient (Wildman–Crippen LogP) is 5.44. The largest absolute Gasteiger partial charge is 0.368 e. The van der Waals surface area contributed by atoms with Crippen molar-refractivity contribution in [2.45, 2.75) is 24.8 Å². The average Bonchev–Trinajstić information content (AvgIpc) is 3.57. The molecule has 6 rings (SSSR count).